The molecule has 0 unspecified atom stereocenters. The zero-order chi connectivity index (χ0) is 10.5. The molecule has 2 N–H and O–H groups in total. The van der Waals surface area contributed by atoms with Gasteiger partial charge in [-0.05, 0) is 24.6 Å². The van der Waals surface area contributed by atoms with E-state index in [2.05, 4.69) is 10.6 Å². The van der Waals surface area contributed by atoms with Gasteiger partial charge in [-0.2, -0.15) is 0 Å². The fourth-order valence-corrected chi connectivity index (χ4v) is 1.62. The van der Waals surface area contributed by atoms with Gasteiger partial charge in [0.2, 0.25) is 5.91 Å². The lowest BCUT2D eigenvalue weighted by molar-refractivity contribution is -0.122. The molecule has 3 nitrogen and oxygen atoms in total. The second-order valence-electron chi connectivity index (χ2n) is 3.99. The molecular weight excluding hydrogens is 188 g/mol. The van der Waals surface area contributed by atoms with E-state index in [1.165, 1.54) is 0 Å². The van der Waals surface area contributed by atoms with Gasteiger partial charge in [-0.25, -0.2) is 0 Å². The van der Waals surface area contributed by atoms with Crippen LogP contribution in [0.4, 0.5) is 0 Å². The topological polar surface area (TPSA) is 41.1 Å². The first-order valence-corrected chi connectivity index (χ1v) is 5.36. The van der Waals surface area contributed by atoms with Crippen LogP contribution < -0.4 is 10.6 Å². The first kappa shape index (κ1) is 10.2. The number of amides is 1. The van der Waals surface area contributed by atoms with Gasteiger partial charge in [-0.1, -0.05) is 30.3 Å². The number of rotatable bonds is 4. The molecule has 0 spiro atoms. The van der Waals surface area contributed by atoms with Gasteiger partial charge < -0.3 is 10.6 Å². The molecule has 0 aliphatic carbocycles. The first-order chi connectivity index (χ1) is 7.34. The van der Waals surface area contributed by atoms with Crippen LogP contribution in [0.1, 0.15) is 12.0 Å². The molecule has 1 aromatic rings. The highest BCUT2D eigenvalue weighted by atomic mass is 16.1. The van der Waals surface area contributed by atoms with Gasteiger partial charge in [0.1, 0.15) is 0 Å². The Bertz CT molecular complexity index is 320. The zero-order valence-electron chi connectivity index (χ0n) is 8.70. The molecule has 2 rings (SSSR count). The summed E-state index contributed by atoms with van der Waals surface area (Å²) >= 11 is 0. The second-order valence-corrected chi connectivity index (χ2v) is 3.99. The largest absolute Gasteiger partial charge is 0.352 e. The molecule has 0 bridgehead atoms. The summed E-state index contributed by atoms with van der Waals surface area (Å²) in [5.41, 5.74) is 1.15. The third-order valence-electron chi connectivity index (χ3n) is 2.67. The summed E-state index contributed by atoms with van der Waals surface area (Å²) < 4.78 is 0. The highest BCUT2D eigenvalue weighted by molar-refractivity contribution is 5.76. The maximum absolute atomic E-state index is 11.5. The van der Waals surface area contributed by atoms with Crippen LogP contribution in [0.15, 0.2) is 30.3 Å². The fourth-order valence-electron chi connectivity index (χ4n) is 1.62. The summed E-state index contributed by atoms with van der Waals surface area (Å²) in [6.07, 6.45) is 0.653. The number of nitrogens with one attached hydrogen (secondary N) is 2. The average molecular weight is 204 g/mol. The number of hydrogen-bond donors (Lipinski definition) is 2. The van der Waals surface area contributed by atoms with Crippen LogP contribution in [0.5, 0.6) is 0 Å². The van der Waals surface area contributed by atoms with Gasteiger partial charge >= 0.3 is 0 Å². The van der Waals surface area contributed by atoms with Gasteiger partial charge in [-0.3, -0.25) is 4.79 Å². The van der Waals surface area contributed by atoms with E-state index in [-0.39, 0.29) is 5.91 Å². The van der Waals surface area contributed by atoms with E-state index in [1.807, 2.05) is 30.3 Å². The maximum atomic E-state index is 11.5. The summed E-state index contributed by atoms with van der Waals surface area (Å²) in [6.45, 7) is 2.61. The van der Waals surface area contributed by atoms with Crippen molar-refractivity contribution in [2.24, 2.45) is 5.92 Å². The Morgan fingerprint density at radius 1 is 1.33 bits per heavy atom. The molecule has 1 fully saturated rings. The van der Waals surface area contributed by atoms with Crippen LogP contribution in [-0.2, 0) is 11.3 Å². The lowest BCUT2D eigenvalue weighted by Gasteiger charge is -2.26. The quantitative estimate of drug-likeness (QED) is 0.765. The van der Waals surface area contributed by atoms with Crippen LogP contribution in [0, 0.1) is 5.92 Å². The summed E-state index contributed by atoms with van der Waals surface area (Å²) in [5, 5.41) is 6.09. The lowest BCUT2D eigenvalue weighted by Crippen LogP contribution is -2.44. The van der Waals surface area contributed by atoms with Crippen molar-refractivity contribution in [3.05, 3.63) is 35.9 Å². The van der Waals surface area contributed by atoms with E-state index < -0.39 is 0 Å². The predicted molar refractivity (Wildman–Crippen MR) is 59.3 cm³/mol. The molecule has 15 heavy (non-hydrogen) atoms. The second kappa shape index (κ2) is 4.94. The zero-order valence-corrected chi connectivity index (χ0v) is 8.70. The summed E-state index contributed by atoms with van der Waals surface area (Å²) in [5.74, 6) is 0.700. The summed E-state index contributed by atoms with van der Waals surface area (Å²) in [6, 6.07) is 9.98. The molecule has 0 aromatic heterocycles. The lowest BCUT2D eigenvalue weighted by atomic mass is 9.99. The maximum Gasteiger partial charge on any atom is 0.220 e. The molecule has 80 valence electrons. The number of carbonyl (C=O) groups excluding carboxylic acids is 1. The molecule has 1 aliphatic rings. The molecule has 1 aliphatic heterocycles. The molecule has 1 amide bonds. The minimum absolute atomic E-state index is 0.158. The minimum Gasteiger partial charge on any atom is -0.352 e. The van der Waals surface area contributed by atoms with Gasteiger partial charge in [0.15, 0.2) is 0 Å². The molecule has 1 heterocycles. The monoisotopic (exact) mass is 204 g/mol. The highest BCUT2D eigenvalue weighted by Gasteiger charge is 2.19. The number of benzene rings is 1. The third kappa shape index (κ3) is 3.06. The predicted octanol–water partition coefficient (Wildman–Crippen LogP) is 0.912. The van der Waals surface area contributed by atoms with Gasteiger partial charge in [0.25, 0.3) is 0 Å². The third-order valence-corrected chi connectivity index (χ3v) is 2.67. The molecule has 0 saturated carbocycles. The minimum atomic E-state index is 0.158. The average Bonchev–Trinajstić information content (AvgIpc) is 2.22. The van der Waals surface area contributed by atoms with Gasteiger partial charge in [0, 0.05) is 13.0 Å². The molecule has 0 atom stereocenters. The van der Waals surface area contributed by atoms with Crippen molar-refractivity contribution in [2.45, 2.75) is 13.0 Å². The highest BCUT2D eigenvalue weighted by Crippen LogP contribution is 2.07. The fraction of sp³-hybridized carbons (Fsp3) is 0.417. The van der Waals surface area contributed by atoms with E-state index in [0.29, 0.717) is 18.9 Å². The Hall–Kier alpha value is -1.35. The van der Waals surface area contributed by atoms with Crippen molar-refractivity contribution < 1.29 is 4.79 Å². The Kier molecular flexibility index (Phi) is 3.35. The molecule has 0 radical (unpaired) electrons. The SMILES string of the molecule is O=C(CC1CNC1)NCc1ccccc1. The molecular formula is C12H16N2O. The smallest absolute Gasteiger partial charge is 0.220 e. The van der Waals surface area contributed by atoms with E-state index in [9.17, 15) is 4.79 Å². The Morgan fingerprint density at radius 2 is 2.07 bits per heavy atom. The molecule has 3 heteroatoms. The first-order valence-electron chi connectivity index (χ1n) is 5.36. The van der Waals surface area contributed by atoms with E-state index in [0.717, 1.165) is 18.7 Å². The van der Waals surface area contributed by atoms with E-state index in [1.54, 1.807) is 0 Å². The van der Waals surface area contributed by atoms with E-state index in [4.69, 9.17) is 0 Å². The van der Waals surface area contributed by atoms with Crippen molar-refractivity contribution in [2.75, 3.05) is 13.1 Å². The van der Waals surface area contributed by atoms with Crippen molar-refractivity contribution in [3.8, 4) is 0 Å². The van der Waals surface area contributed by atoms with E-state index >= 15 is 0 Å². The van der Waals surface area contributed by atoms with Gasteiger partial charge in [0.05, 0.1) is 0 Å². The van der Waals surface area contributed by atoms with Crippen molar-refractivity contribution in [1.29, 1.82) is 0 Å². The Balaban J connectivity index is 1.71. The molecule has 1 aromatic carbocycles. The van der Waals surface area contributed by atoms with Crippen LogP contribution in [0.3, 0.4) is 0 Å². The van der Waals surface area contributed by atoms with Crippen molar-refractivity contribution in [3.63, 3.8) is 0 Å². The number of hydrogen-bond acceptors (Lipinski definition) is 2. The van der Waals surface area contributed by atoms with Crippen molar-refractivity contribution >= 4 is 5.91 Å². The Labute approximate surface area is 89.9 Å². The molecule has 1 saturated heterocycles. The Morgan fingerprint density at radius 3 is 2.67 bits per heavy atom. The standard InChI is InChI=1S/C12H16N2O/c15-12(6-11-7-13-8-11)14-9-10-4-2-1-3-5-10/h1-5,11,13H,6-9H2,(H,14,15). The van der Waals surface area contributed by atoms with Crippen LogP contribution in [0.2, 0.25) is 0 Å². The van der Waals surface area contributed by atoms with Crippen LogP contribution in [0.25, 0.3) is 0 Å². The van der Waals surface area contributed by atoms with Crippen LogP contribution >= 0.6 is 0 Å². The summed E-state index contributed by atoms with van der Waals surface area (Å²) in [7, 11) is 0. The number of carbonyl (C=O) groups is 1. The normalized spacial score (nSPS) is 15.7. The summed E-state index contributed by atoms with van der Waals surface area (Å²) in [4.78, 5) is 11.5. The van der Waals surface area contributed by atoms with Crippen molar-refractivity contribution in [1.82, 2.24) is 10.6 Å². The van der Waals surface area contributed by atoms with Gasteiger partial charge in [-0.15, -0.1) is 0 Å². The van der Waals surface area contributed by atoms with Crippen LogP contribution in [-0.4, -0.2) is 19.0 Å².